The minimum Gasteiger partial charge on any atom is -0.493 e. The van der Waals surface area contributed by atoms with Crippen molar-refractivity contribution >= 4 is 17.2 Å². The van der Waals surface area contributed by atoms with Gasteiger partial charge in [-0.25, -0.2) is 9.97 Å². The van der Waals surface area contributed by atoms with E-state index in [1.807, 2.05) is 6.07 Å². The van der Waals surface area contributed by atoms with Crippen LogP contribution in [-0.4, -0.2) is 26.6 Å². The molecular weight excluding hydrogens is 310 g/mol. The summed E-state index contributed by atoms with van der Waals surface area (Å²) in [6.07, 6.45) is 3.00. The van der Waals surface area contributed by atoms with Gasteiger partial charge in [0.05, 0.1) is 31.2 Å². The van der Waals surface area contributed by atoms with Crippen molar-refractivity contribution in [3.8, 4) is 11.8 Å². The predicted molar refractivity (Wildman–Crippen MR) is 86.2 cm³/mol. The first-order valence-corrected chi connectivity index (χ1v) is 7.00. The molecule has 0 saturated carbocycles. The molecule has 0 fully saturated rings. The van der Waals surface area contributed by atoms with Gasteiger partial charge in [-0.1, -0.05) is 0 Å². The molecule has 0 amide bonds. The highest BCUT2D eigenvalue weighted by molar-refractivity contribution is 5.64. The average molecular weight is 323 g/mol. The summed E-state index contributed by atoms with van der Waals surface area (Å²) in [6, 6.07) is 8.45. The first-order valence-electron chi connectivity index (χ1n) is 7.00. The van der Waals surface area contributed by atoms with Crippen molar-refractivity contribution in [1.29, 1.82) is 5.26 Å². The van der Waals surface area contributed by atoms with Crippen molar-refractivity contribution in [2.75, 3.05) is 12.4 Å². The van der Waals surface area contributed by atoms with Crippen molar-refractivity contribution in [2.24, 2.45) is 0 Å². The average Bonchev–Trinajstić information content (AvgIpc) is 2.62. The lowest BCUT2D eigenvalue weighted by Gasteiger charge is -2.12. The molecule has 0 radical (unpaired) electrons. The van der Waals surface area contributed by atoms with E-state index in [1.54, 1.807) is 24.4 Å². The van der Waals surface area contributed by atoms with Gasteiger partial charge < -0.3 is 15.2 Å². The highest BCUT2D eigenvalue weighted by Gasteiger charge is 2.14. The SMILES string of the molecule is COc1cccn2c(=O)c(CO)c(Nc3ccc(C#N)nc3)nc12. The fourth-order valence-electron chi connectivity index (χ4n) is 2.25. The molecule has 0 spiro atoms. The lowest BCUT2D eigenvalue weighted by atomic mass is 10.2. The van der Waals surface area contributed by atoms with Gasteiger partial charge in [0.1, 0.15) is 17.6 Å². The molecule has 0 unspecified atom stereocenters. The Labute approximate surface area is 136 Å². The summed E-state index contributed by atoms with van der Waals surface area (Å²) >= 11 is 0. The summed E-state index contributed by atoms with van der Waals surface area (Å²) in [5, 5.41) is 21.3. The van der Waals surface area contributed by atoms with Gasteiger partial charge in [0, 0.05) is 6.20 Å². The Morgan fingerprint density at radius 3 is 2.88 bits per heavy atom. The standard InChI is InChI=1S/C16H13N5O3/c1-24-13-3-2-6-21-15(13)20-14(12(9-22)16(21)23)19-11-5-4-10(7-17)18-8-11/h2-6,8,19,22H,9H2,1H3. The van der Waals surface area contributed by atoms with Crippen LogP contribution in [0.2, 0.25) is 0 Å². The molecule has 2 N–H and O–H groups in total. The van der Waals surface area contributed by atoms with Gasteiger partial charge >= 0.3 is 0 Å². The second-order valence-corrected chi connectivity index (χ2v) is 4.84. The second kappa shape index (κ2) is 6.36. The Bertz CT molecular complexity index is 989. The van der Waals surface area contributed by atoms with Gasteiger partial charge in [-0.2, -0.15) is 5.26 Å². The van der Waals surface area contributed by atoms with Crippen molar-refractivity contribution < 1.29 is 9.84 Å². The molecule has 8 heteroatoms. The summed E-state index contributed by atoms with van der Waals surface area (Å²) in [7, 11) is 1.49. The Morgan fingerprint density at radius 1 is 1.42 bits per heavy atom. The Morgan fingerprint density at radius 2 is 2.25 bits per heavy atom. The third kappa shape index (κ3) is 2.64. The maximum absolute atomic E-state index is 12.5. The lowest BCUT2D eigenvalue weighted by molar-refractivity contribution is 0.280. The molecule has 0 aliphatic heterocycles. The lowest BCUT2D eigenvalue weighted by Crippen LogP contribution is -2.22. The van der Waals surface area contributed by atoms with Crippen molar-refractivity contribution in [3.63, 3.8) is 0 Å². The molecule has 24 heavy (non-hydrogen) atoms. The number of ether oxygens (including phenoxy) is 1. The molecule has 0 saturated heterocycles. The van der Waals surface area contributed by atoms with Gasteiger partial charge in [-0.3, -0.25) is 9.20 Å². The number of pyridine rings is 2. The van der Waals surface area contributed by atoms with E-state index in [9.17, 15) is 9.90 Å². The number of rotatable bonds is 4. The first-order chi connectivity index (χ1) is 11.7. The molecule has 120 valence electrons. The topological polar surface area (TPSA) is 113 Å². The third-order valence-electron chi connectivity index (χ3n) is 3.43. The number of nitrogens with zero attached hydrogens (tertiary/aromatic N) is 4. The fraction of sp³-hybridized carbons (Fsp3) is 0.125. The number of aliphatic hydroxyl groups is 1. The number of methoxy groups -OCH3 is 1. The van der Waals surface area contributed by atoms with Crippen molar-refractivity contribution in [3.05, 3.63) is 58.3 Å². The van der Waals surface area contributed by atoms with Crippen LogP contribution in [0.3, 0.4) is 0 Å². The summed E-state index contributed by atoms with van der Waals surface area (Å²) in [5.41, 5.74) is 0.855. The number of hydrogen-bond acceptors (Lipinski definition) is 7. The van der Waals surface area contributed by atoms with Crippen LogP contribution in [0.15, 0.2) is 41.5 Å². The quantitative estimate of drug-likeness (QED) is 0.742. The van der Waals surface area contributed by atoms with Crippen LogP contribution in [0.1, 0.15) is 11.3 Å². The van der Waals surface area contributed by atoms with E-state index < -0.39 is 12.2 Å². The number of nitriles is 1. The smallest absolute Gasteiger partial charge is 0.265 e. The summed E-state index contributed by atoms with van der Waals surface area (Å²) in [5.74, 6) is 0.638. The largest absolute Gasteiger partial charge is 0.493 e. The molecule has 0 aliphatic rings. The Hall–Kier alpha value is -3.44. The summed E-state index contributed by atoms with van der Waals surface area (Å²) < 4.78 is 6.54. The molecule has 3 rings (SSSR count). The van der Waals surface area contributed by atoms with Gasteiger partial charge in [0.2, 0.25) is 0 Å². The molecule has 0 bridgehead atoms. The third-order valence-corrected chi connectivity index (χ3v) is 3.43. The first kappa shape index (κ1) is 15.5. The zero-order chi connectivity index (χ0) is 17.1. The minimum absolute atomic E-state index is 0.116. The summed E-state index contributed by atoms with van der Waals surface area (Å²) in [6.45, 7) is -0.474. The van der Waals surface area contributed by atoms with Crippen LogP contribution in [0.5, 0.6) is 5.75 Å². The van der Waals surface area contributed by atoms with Crippen molar-refractivity contribution in [2.45, 2.75) is 6.61 Å². The molecule has 0 atom stereocenters. The molecule has 0 aliphatic carbocycles. The van der Waals surface area contributed by atoms with Crippen LogP contribution >= 0.6 is 0 Å². The zero-order valence-corrected chi connectivity index (χ0v) is 12.7. The van der Waals surface area contributed by atoms with E-state index in [1.165, 1.54) is 23.8 Å². The van der Waals surface area contributed by atoms with Crippen LogP contribution in [0, 0.1) is 11.3 Å². The number of aliphatic hydroxyl groups excluding tert-OH is 1. The van der Waals surface area contributed by atoms with Crippen LogP contribution < -0.4 is 15.6 Å². The van der Waals surface area contributed by atoms with E-state index in [2.05, 4.69) is 15.3 Å². The Balaban J connectivity index is 2.15. The van der Waals surface area contributed by atoms with Gasteiger partial charge in [-0.15, -0.1) is 0 Å². The molecule has 3 aromatic rings. The molecule has 3 heterocycles. The number of fused-ring (bicyclic) bond motifs is 1. The minimum atomic E-state index is -0.474. The second-order valence-electron chi connectivity index (χ2n) is 4.84. The van der Waals surface area contributed by atoms with Crippen LogP contribution in [0.25, 0.3) is 5.65 Å². The highest BCUT2D eigenvalue weighted by atomic mass is 16.5. The number of nitrogens with one attached hydrogen (secondary N) is 1. The molecule has 3 aromatic heterocycles. The zero-order valence-electron chi connectivity index (χ0n) is 12.7. The maximum Gasteiger partial charge on any atom is 0.265 e. The van der Waals surface area contributed by atoms with E-state index >= 15 is 0 Å². The maximum atomic E-state index is 12.5. The van der Waals surface area contributed by atoms with Gasteiger partial charge in [-0.05, 0) is 24.3 Å². The normalized spacial score (nSPS) is 10.4. The highest BCUT2D eigenvalue weighted by Crippen LogP contribution is 2.21. The van der Waals surface area contributed by atoms with Crippen molar-refractivity contribution in [1.82, 2.24) is 14.4 Å². The van der Waals surface area contributed by atoms with E-state index in [-0.39, 0.29) is 17.1 Å². The molecular formula is C16H13N5O3. The van der Waals surface area contributed by atoms with Crippen LogP contribution in [0.4, 0.5) is 11.5 Å². The summed E-state index contributed by atoms with van der Waals surface area (Å²) in [4.78, 5) is 20.9. The van der Waals surface area contributed by atoms with E-state index in [0.717, 1.165) is 0 Å². The Kier molecular flexibility index (Phi) is 4.09. The van der Waals surface area contributed by atoms with Crippen LogP contribution in [-0.2, 0) is 6.61 Å². The van der Waals surface area contributed by atoms with Gasteiger partial charge in [0.25, 0.3) is 5.56 Å². The fourth-order valence-corrected chi connectivity index (χ4v) is 2.25. The van der Waals surface area contributed by atoms with Gasteiger partial charge in [0.15, 0.2) is 11.4 Å². The predicted octanol–water partition coefficient (Wildman–Crippen LogP) is 1.21. The number of hydrogen-bond donors (Lipinski definition) is 2. The monoisotopic (exact) mass is 323 g/mol. The number of aromatic nitrogens is 3. The molecule has 0 aromatic carbocycles. The number of anilines is 2. The van der Waals surface area contributed by atoms with E-state index in [0.29, 0.717) is 17.1 Å². The van der Waals surface area contributed by atoms with E-state index in [4.69, 9.17) is 10.00 Å². The molecule has 8 nitrogen and oxygen atoms in total.